The van der Waals surface area contributed by atoms with Crippen LogP contribution in [0.3, 0.4) is 0 Å². The molecule has 0 unspecified atom stereocenters. The quantitative estimate of drug-likeness (QED) is 0.355. The first-order valence-corrected chi connectivity index (χ1v) is 11.1. The number of carboxylic acids is 1. The lowest BCUT2D eigenvalue weighted by Crippen LogP contribution is -2.27. The van der Waals surface area contributed by atoms with Crippen LogP contribution in [0.4, 0.5) is 4.79 Å². The van der Waals surface area contributed by atoms with Crippen molar-refractivity contribution in [1.82, 2.24) is 4.90 Å². The van der Waals surface area contributed by atoms with Gasteiger partial charge in [0.25, 0.3) is 11.1 Å². The van der Waals surface area contributed by atoms with Crippen LogP contribution in [0.2, 0.25) is 0 Å². The fourth-order valence-electron chi connectivity index (χ4n) is 3.19. The highest BCUT2D eigenvalue weighted by atomic mass is 32.2. The van der Waals surface area contributed by atoms with Crippen molar-refractivity contribution in [3.05, 3.63) is 93.8 Å². The Labute approximate surface area is 203 Å². The number of amides is 2. The minimum Gasteiger partial charge on any atom is -0.489 e. The van der Waals surface area contributed by atoms with Gasteiger partial charge in [0.1, 0.15) is 18.1 Å². The predicted octanol–water partition coefficient (Wildman–Crippen LogP) is 4.58. The molecule has 1 fully saturated rings. The summed E-state index contributed by atoms with van der Waals surface area (Å²) in [6.07, 6.45) is 1.61. The average molecular weight is 493 g/mol. The topological polar surface area (TPSA) is 123 Å². The molecule has 1 aliphatic rings. The molecule has 3 aromatic rings. The Hall–Kier alpha value is -4.31. The normalized spacial score (nSPS) is 14.4. The van der Waals surface area contributed by atoms with Crippen LogP contribution in [0, 0.1) is 0 Å². The molecule has 178 valence electrons. The maximum absolute atomic E-state index is 12.7. The summed E-state index contributed by atoms with van der Waals surface area (Å²) < 4.78 is 15.6. The Morgan fingerprint density at radius 1 is 1.03 bits per heavy atom. The smallest absolute Gasteiger partial charge is 0.373 e. The van der Waals surface area contributed by atoms with Crippen molar-refractivity contribution in [3.8, 4) is 5.75 Å². The molecule has 0 aliphatic carbocycles. The Kier molecular flexibility index (Phi) is 7.02. The molecule has 10 heteroatoms. The van der Waals surface area contributed by atoms with Gasteiger partial charge < -0.3 is 19.0 Å². The number of carboxylic acid groups (broad SMARTS) is 1. The van der Waals surface area contributed by atoms with Crippen molar-refractivity contribution < 1.29 is 38.2 Å². The largest absolute Gasteiger partial charge is 0.489 e. The first-order chi connectivity index (χ1) is 16.8. The van der Waals surface area contributed by atoms with Crippen molar-refractivity contribution in [2.75, 3.05) is 7.11 Å². The van der Waals surface area contributed by atoms with E-state index >= 15 is 0 Å². The molecule has 0 saturated carbocycles. The van der Waals surface area contributed by atoms with E-state index in [4.69, 9.17) is 14.3 Å². The van der Waals surface area contributed by atoms with E-state index in [0.717, 1.165) is 22.2 Å². The Balaban J connectivity index is 1.37. The highest BCUT2D eigenvalue weighted by Gasteiger charge is 2.35. The highest BCUT2D eigenvalue weighted by molar-refractivity contribution is 8.18. The Bertz CT molecular complexity index is 1310. The van der Waals surface area contributed by atoms with Crippen molar-refractivity contribution in [2.24, 2.45) is 0 Å². The van der Waals surface area contributed by atoms with E-state index in [9.17, 15) is 19.2 Å². The number of hydrogen-bond acceptors (Lipinski definition) is 8. The highest BCUT2D eigenvalue weighted by Crippen LogP contribution is 2.33. The van der Waals surface area contributed by atoms with Crippen LogP contribution >= 0.6 is 11.8 Å². The van der Waals surface area contributed by atoms with Gasteiger partial charge in [-0.2, -0.15) is 0 Å². The molecule has 2 heterocycles. The predicted molar refractivity (Wildman–Crippen MR) is 126 cm³/mol. The first kappa shape index (κ1) is 23.8. The van der Waals surface area contributed by atoms with Crippen molar-refractivity contribution >= 4 is 40.9 Å². The maximum Gasteiger partial charge on any atom is 0.373 e. The van der Waals surface area contributed by atoms with Gasteiger partial charge in [-0.3, -0.25) is 14.5 Å². The van der Waals surface area contributed by atoms with Crippen molar-refractivity contribution in [3.63, 3.8) is 0 Å². The third-order valence-electron chi connectivity index (χ3n) is 5.02. The standard InChI is InChI=1S/C25H19NO8S/c1-32-24(30)20-11-10-19(34-20)13-26-22(27)21(35-25(26)31)12-15-4-8-18(9-5-15)33-14-16-2-6-17(7-3-16)23(28)29/h2-12H,13-14H2,1H3,(H,28,29). The number of nitrogens with zero attached hydrogens (tertiary/aromatic N) is 1. The number of carbonyl (C=O) groups excluding carboxylic acids is 3. The summed E-state index contributed by atoms with van der Waals surface area (Å²) in [4.78, 5) is 48.8. The summed E-state index contributed by atoms with van der Waals surface area (Å²) in [5.41, 5.74) is 1.74. The number of carbonyl (C=O) groups is 4. The van der Waals surface area contributed by atoms with E-state index in [1.165, 1.54) is 31.4 Å². The van der Waals surface area contributed by atoms with Crippen LogP contribution in [0.1, 0.15) is 37.8 Å². The van der Waals surface area contributed by atoms with Gasteiger partial charge in [0.05, 0.1) is 24.1 Å². The molecule has 1 aromatic heterocycles. The van der Waals surface area contributed by atoms with E-state index < -0.39 is 23.1 Å². The molecule has 0 radical (unpaired) electrons. The summed E-state index contributed by atoms with van der Waals surface area (Å²) in [6, 6.07) is 16.3. The van der Waals surface area contributed by atoms with Crippen LogP contribution in [0.5, 0.6) is 5.75 Å². The van der Waals surface area contributed by atoms with Gasteiger partial charge in [-0.15, -0.1) is 0 Å². The zero-order chi connectivity index (χ0) is 24.9. The number of furan rings is 1. The monoisotopic (exact) mass is 493 g/mol. The van der Waals surface area contributed by atoms with E-state index in [1.807, 2.05) is 0 Å². The summed E-state index contributed by atoms with van der Waals surface area (Å²) >= 11 is 0.821. The van der Waals surface area contributed by atoms with Crippen molar-refractivity contribution in [1.29, 1.82) is 0 Å². The zero-order valence-corrected chi connectivity index (χ0v) is 19.2. The minimum atomic E-state index is -0.987. The number of hydrogen-bond donors (Lipinski definition) is 1. The fourth-order valence-corrected chi connectivity index (χ4v) is 4.03. The van der Waals surface area contributed by atoms with Gasteiger partial charge in [-0.25, -0.2) is 9.59 Å². The molecule has 1 N–H and O–H groups in total. The molecule has 0 bridgehead atoms. The number of aromatic carboxylic acids is 1. The van der Waals surface area contributed by atoms with Crippen LogP contribution < -0.4 is 4.74 Å². The van der Waals surface area contributed by atoms with E-state index in [0.29, 0.717) is 11.3 Å². The second kappa shape index (κ2) is 10.3. The molecule has 1 saturated heterocycles. The van der Waals surface area contributed by atoms with Crippen LogP contribution in [-0.2, 0) is 22.7 Å². The molecular formula is C25H19NO8S. The molecular weight excluding hydrogens is 474 g/mol. The van der Waals surface area contributed by atoms with E-state index in [-0.39, 0.29) is 35.1 Å². The number of thioether (sulfide) groups is 1. The third-order valence-corrected chi connectivity index (χ3v) is 5.93. The van der Waals surface area contributed by atoms with Crippen LogP contribution in [-0.4, -0.2) is 40.2 Å². The number of imide groups is 1. The van der Waals surface area contributed by atoms with Crippen LogP contribution in [0.15, 0.2) is 70.0 Å². The molecule has 35 heavy (non-hydrogen) atoms. The average Bonchev–Trinajstić information content (AvgIpc) is 3.44. The lowest BCUT2D eigenvalue weighted by atomic mass is 10.1. The van der Waals surface area contributed by atoms with E-state index in [1.54, 1.807) is 42.5 Å². The number of esters is 1. The minimum absolute atomic E-state index is 0.00963. The Morgan fingerprint density at radius 2 is 1.74 bits per heavy atom. The molecule has 0 spiro atoms. The molecule has 2 aromatic carbocycles. The molecule has 4 rings (SSSR count). The Morgan fingerprint density at radius 3 is 2.40 bits per heavy atom. The molecule has 9 nitrogen and oxygen atoms in total. The number of rotatable bonds is 8. The summed E-state index contributed by atoms with van der Waals surface area (Å²) in [5.74, 6) is -1.22. The van der Waals surface area contributed by atoms with Crippen LogP contribution in [0.25, 0.3) is 6.08 Å². The third kappa shape index (κ3) is 5.61. The van der Waals surface area contributed by atoms with Gasteiger partial charge in [0, 0.05) is 0 Å². The summed E-state index contributed by atoms with van der Waals surface area (Å²) in [6.45, 7) is 0.168. The van der Waals surface area contributed by atoms with Crippen molar-refractivity contribution in [2.45, 2.75) is 13.2 Å². The lowest BCUT2D eigenvalue weighted by Gasteiger charge is -2.10. The maximum atomic E-state index is 12.7. The second-order valence-electron chi connectivity index (χ2n) is 7.39. The summed E-state index contributed by atoms with van der Waals surface area (Å²) in [7, 11) is 1.23. The number of methoxy groups -OCH3 is 1. The number of benzene rings is 2. The fraction of sp³-hybridized carbons (Fsp3) is 0.120. The second-order valence-corrected chi connectivity index (χ2v) is 8.38. The van der Waals surface area contributed by atoms with Gasteiger partial charge >= 0.3 is 11.9 Å². The molecule has 0 atom stereocenters. The number of ether oxygens (including phenoxy) is 2. The lowest BCUT2D eigenvalue weighted by molar-refractivity contribution is -0.123. The van der Waals surface area contributed by atoms with Gasteiger partial charge in [0.15, 0.2) is 0 Å². The van der Waals surface area contributed by atoms with E-state index in [2.05, 4.69) is 4.74 Å². The van der Waals surface area contributed by atoms with Gasteiger partial charge in [-0.1, -0.05) is 24.3 Å². The summed E-state index contributed by atoms with van der Waals surface area (Å²) in [5, 5.41) is 8.51. The SMILES string of the molecule is COC(=O)c1ccc(CN2C(=O)SC(=Cc3ccc(OCc4ccc(C(=O)O)cc4)cc3)C2=O)o1. The first-order valence-electron chi connectivity index (χ1n) is 10.3. The van der Waals surface area contributed by atoms with Gasteiger partial charge in [0.2, 0.25) is 5.76 Å². The molecule has 2 amide bonds. The zero-order valence-electron chi connectivity index (χ0n) is 18.4. The van der Waals surface area contributed by atoms with Gasteiger partial charge in [-0.05, 0) is 65.4 Å². The molecule has 1 aliphatic heterocycles.